The zero-order valence-corrected chi connectivity index (χ0v) is 18.3. The molecule has 0 aliphatic carbocycles. The highest BCUT2D eigenvalue weighted by atomic mass is 16.7. The first-order chi connectivity index (χ1) is 15.8. The van der Waals surface area contributed by atoms with E-state index in [4.69, 9.17) is 23.7 Å². The Labute approximate surface area is 188 Å². The van der Waals surface area contributed by atoms with E-state index in [0.29, 0.717) is 0 Å². The molecule has 1 saturated heterocycles. The van der Waals surface area contributed by atoms with Gasteiger partial charge in [0.05, 0.1) is 25.0 Å². The summed E-state index contributed by atoms with van der Waals surface area (Å²) < 4.78 is 28.1. The minimum Gasteiger partial charge on any atom is -0.461 e. The van der Waals surface area contributed by atoms with Crippen molar-refractivity contribution in [3.63, 3.8) is 0 Å². The van der Waals surface area contributed by atoms with Crippen LogP contribution in [0.15, 0.2) is 36.5 Å². The van der Waals surface area contributed by atoms with Crippen LogP contribution in [0.3, 0.4) is 0 Å². The summed E-state index contributed by atoms with van der Waals surface area (Å²) in [4.78, 5) is 48.6. The minimum absolute atomic E-state index is 0.0705. The third-order valence-corrected chi connectivity index (χ3v) is 4.67. The SMILES string of the molecule is CCOC(=O)c1cnnn1[C@@H]1OC[C@@](COC(=O)c2ccccc2)(OC(C)=O)[C@H]1OC(C)=O. The molecule has 3 rings (SSSR count). The van der Waals surface area contributed by atoms with Crippen molar-refractivity contribution in [2.75, 3.05) is 19.8 Å². The number of nitrogens with zero attached hydrogens (tertiary/aromatic N) is 3. The number of carbonyl (C=O) groups is 4. The molecular formula is C21H23N3O9. The van der Waals surface area contributed by atoms with E-state index in [-0.39, 0.29) is 24.5 Å². The van der Waals surface area contributed by atoms with Crippen LogP contribution >= 0.6 is 0 Å². The standard InChI is InChI=1S/C21H23N3O9/c1-4-29-20(28)16-10-22-23-24(16)18-17(32-13(2)25)21(11-30-18,33-14(3)26)12-31-19(27)15-8-6-5-7-9-15/h5-10,17-18H,4,11-12H2,1-3H3/t17-,18+,21-/m0/s1. The minimum atomic E-state index is -1.70. The number of ether oxygens (including phenoxy) is 5. The fourth-order valence-electron chi connectivity index (χ4n) is 3.35. The first kappa shape index (κ1) is 23.9. The number of aromatic nitrogens is 3. The van der Waals surface area contributed by atoms with Gasteiger partial charge in [-0.1, -0.05) is 23.4 Å². The second kappa shape index (κ2) is 10.2. The highest BCUT2D eigenvalue weighted by molar-refractivity contribution is 5.89. The summed E-state index contributed by atoms with van der Waals surface area (Å²) in [6, 6.07) is 8.17. The van der Waals surface area contributed by atoms with Crippen molar-refractivity contribution in [2.24, 2.45) is 0 Å². The molecule has 0 radical (unpaired) electrons. The fraction of sp³-hybridized carbons (Fsp3) is 0.429. The number of hydrogen-bond acceptors (Lipinski definition) is 11. The Kier molecular flexibility index (Phi) is 7.38. The van der Waals surface area contributed by atoms with Crippen molar-refractivity contribution in [1.82, 2.24) is 15.0 Å². The van der Waals surface area contributed by atoms with Crippen molar-refractivity contribution >= 4 is 23.9 Å². The van der Waals surface area contributed by atoms with Gasteiger partial charge in [0, 0.05) is 13.8 Å². The van der Waals surface area contributed by atoms with Crippen molar-refractivity contribution in [3.8, 4) is 0 Å². The molecule has 176 valence electrons. The molecule has 0 spiro atoms. The van der Waals surface area contributed by atoms with Crippen LogP contribution in [0.5, 0.6) is 0 Å². The van der Waals surface area contributed by atoms with Crippen molar-refractivity contribution in [3.05, 3.63) is 47.8 Å². The summed E-state index contributed by atoms with van der Waals surface area (Å²) in [5.74, 6) is -2.86. The summed E-state index contributed by atoms with van der Waals surface area (Å²) in [5, 5.41) is 7.55. The van der Waals surface area contributed by atoms with Crippen molar-refractivity contribution in [1.29, 1.82) is 0 Å². The predicted molar refractivity (Wildman–Crippen MR) is 108 cm³/mol. The maximum Gasteiger partial charge on any atom is 0.358 e. The number of esters is 4. The van der Waals surface area contributed by atoms with E-state index in [9.17, 15) is 19.2 Å². The molecule has 2 heterocycles. The second-order valence-corrected chi connectivity index (χ2v) is 7.12. The van der Waals surface area contributed by atoms with Crippen LogP contribution in [0.4, 0.5) is 0 Å². The Morgan fingerprint density at radius 2 is 1.82 bits per heavy atom. The largest absolute Gasteiger partial charge is 0.461 e. The van der Waals surface area contributed by atoms with Gasteiger partial charge in [-0.2, -0.15) is 0 Å². The van der Waals surface area contributed by atoms with Gasteiger partial charge in [-0.15, -0.1) is 5.10 Å². The Balaban J connectivity index is 1.93. The predicted octanol–water partition coefficient (Wildman–Crippen LogP) is 1.07. The second-order valence-electron chi connectivity index (χ2n) is 7.12. The first-order valence-electron chi connectivity index (χ1n) is 10.1. The quantitative estimate of drug-likeness (QED) is 0.411. The molecule has 1 aliphatic heterocycles. The normalized spacial score (nSPS) is 21.8. The van der Waals surface area contributed by atoms with Gasteiger partial charge < -0.3 is 23.7 Å². The molecule has 0 amide bonds. The average Bonchev–Trinajstić information content (AvgIpc) is 3.38. The Bertz CT molecular complexity index is 1020. The molecule has 0 N–H and O–H groups in total. The molecule has 2 aromatic rings. The molecule has 12 heteroatoms. The molecule has 0 saturated carbocycles. The lowest BCUT2D eigenvalue weighted by Gasteiger charge is -2.33. The van der Waals surface area contributed by atoms with E-state index in [1.807, 2.05) is 0 Å². The lowest BCUT2D eigenvalue weighted by Crippen LogP contribution is -2.52. The van der Waals surface area contributed by atoms with E-state index in [1.54, 1.807) is 37.3 Å². The van der Waals surface area contributed by atoms with Crippen LogP contribution in [0.25, 0.3) is 0 Å². The van der Waals surface area contributed by atoms with Crippen LogP contribution in [0.1, 0.15) is 47.8 Å². The highest BCUT2D eigenvalue weighted by Crippen LogP contribution is 2.38. The molecule has 1 fully saturated rings. The molecule has 0 bridgehead atoms. The van der Waals surface area contributed by atoms with Gasteiger partial charge >= 0.3 is 23.9 Å². The summed E-state index contributed by atoms with van der Waals surface area (Å²) in [6.45, 7) is 3.23. The van der Waals surface area contributed by atoms with Crippen molar-refractivity contribution in [2.45, 2.75) is 38.7 Å². The van der Waals surface area contributed by atoms with Crippen LogP contribution in [-0.4, -0.2) is 70.4 Å². The molecule has 1 aromatic heterocycles. The summed E-state index contributed by atoms with van der Waals surface area (Å²) in [6.07, 6.45) is -1.38. The van der Waals surface area contributed by atoms with Crippen LogP contribution in [0, 0.1) is 0 Å². The van der Waals surface area contributed by atoms with Crippen LogP contribution < -0.4 is 0 Å². The lowest BCUT2D eigenvalue weighted by atomic mass is 9.99. The van der Waals surface area contributed by atoms with E-state index in [2.05, 4.69) is 10.3 Å². The molecular weight excluding hydrogens is 438 g/mol. The number of rotatable bonds is 8. The Morgan fingerprint density at radius 3 is 2.45 bits per heavy atom. The zero-order valence-electron chi connectivity index (χ0n) is 18.3. The number of benzene rings is 1. The molecule has 33 heavy (non-hydrogen) atoms. The molecule has 1 aromatic carbocycles. The average molecular weight is 461 g/mol. The van der Waals surface area contributed by atoms with Gasteiger partial charge in [-0.3, -0.25) is 9.59 Å². The summed E-state index contributed by atoms with van der Waals surface area (Å²) >= 11 is 0. The maximum absolute atomic E-state index is 12.5. The van der Waals surface area contributed by atoms with Crippen molar-refractivity contribution < 1.29 is 42.9 Å². The van der Waals surface area contributed by atoms with Crippen LogP contribution in [0.2, 0.25) is 0 Å². The van der Waals surface area contributed by atoms with E-state index in [1.165, 1.54) is 0 Å². The van der Waals surface area contributed by atoms with Gasteiger partial charge in [-0.25, -0.2) is 14.3 Å². The summed E-state index contributed by atoms with van der Waals surface area (Å²) in [7, 11) is 0. The monoisotopic (exact) mass is 461 g/mol. The van der Waals surface area contributed by atoms with Gasteiger partial charge in [0.1, 0.15) is 6.61 Å². The smallest absolute Gasteiger partial charge is 0.358 e. The zero-order chi connectivity index (χ0) is 24.0. The van der Waals surface area contributed by atoms with Gasteiger partial charge in [0.25, 0.3) is 0 Å². The van der Waals surface area contributed by atoms with Gasteiger partial charge in [0.15, 0.2) is 18.0 Å². The highest BCUT2D eigenvalue weighted by Gasteiger charge is 2.58. The van der Waals surface area contributed by atoms with E-state index >= 15 is 0 Å². The molecule has 1 aliphatic rings. The molecule has 3 atom stereocenters. The van der Waals surface area contributed by atoms with E-state index < -0.39 is 48.4 Å². The third kappa shape index (κ3) is 5.34. The maximum atomic E-state index is 12.5. The third-order valence-electron chi connectivity index (χ3n) is 4.67. The number of carbonyl (C=O) groups excluding carboxylic acids is 4. The van der Waals surface area contributed by atoms with Gasteiger partial charge in [-0.05, 0) is 19.1 Å². The van der Waals surface area contributed by atoms with E-state index in [0.717, 1.165) is 24.7 Å². The van der Waals surface area contributed by atoms with Crippen LogP contribution in [-0.2, 0) is 33.3 Å². The Morgan fingerprint density at radius 1 is 1.09 bits per heavy atom. The fourth-order valence-corrected chi connectivity index (χ4v) is 3.35. The molecule has 0 unspecified atom stereocenters. The number of hydrogen-bond donors (Lipinski definition) is 0. The lowest BCUT2D eigenvalue weighted by molar-refractivity contribution is -0.186. The molecule has 12 nitrogen and oxygen atoms in total. The summed E-state index contributed by atoms with van der Waals surface area (Å²) in [5.41, 5.74) is -1.50. The van der Waals surface area contributed by atoms with Gasteiger partial charge in [0.2, 0.25) is 5.60 Å². The topological polar surface area (TPSA) is 145 Å². The Hall–Kier alpha value is -3.80. The first-order valence-corrected chi connectivity index (χ1v) is 10.1.